The first-order chi connectivity index (χ1) is 16.2. The number of carbonyl (C=O) groups is 2. The molecule has 34 heavy (non-hydrogen) atoms. The molecule has 1 aromatic carbocycles. The first kappa shape index (κ1) is 23.7. The minimum atomic E-state index is -4.77. The molecule has 3 aromatic rings. The smallest absolute Gasteiger partial charge is 0.375 e. The van der Waals surface area contributed by atoms with E-state index in [0.29, 0.717) is 11.0 Å². The minimum Gasteiger partial charge on any atom is -0.375 e. The molecule has 4 rings (SSSR count). The van der Waals surface area contributed by atoms with Gasteiger partial charge in [0.25, 0.3) is 5.91 Å². The van der Waals surface area contributed by atoms with E-state index >= 15 is 0 Å². The van der Waals surface area contributed by atoms with Crippen LogP contribution in [0.3, 0.4) is 0 Å². The maximum absolute atomic E-state index is 13.8. The number of imidazole rings is 1. The van der Waals surface area contributed by atoms with Crippen LogP contribution in [0, 0.1) is 0 Å². The Labute approximate surface area is 193 Å². The molecular weight excluding hydrogens is 451 g/mol. The molecule has 1 atom stereocenters. The van der Waals surface area contributed by atoms with Crippen LogP contribution in [0.5, 0.6) is 0 Å². The van der Waals surface area contributed by atoms with Crippen molar-refractivity contribution in [2.45, 2.75) is 37.4 Å². The summed E-state index contributed by atoms with van der Waals surface area (Å²) in [7, 11) is 3.10. The Morgan fingerprint density at radius 2 is 2.03 bits per heavy atom. The normalized spacial score (nSPS) is 15.1. The number of halogens is 3. The lowest BCUT2D eigenvalue weighted by atomic mass is 9.85. The average Bonchev–Trinajstić information content (AvgIpc) is 3.06. The first-order valence-electron chi connectivity index (χ1n) is 10.8. The molecule has 0 saturated heterocycles. The maximum atomic E-state index is 13.8. The predicted octanol–water partition coefficient (Wildman–Crippen LogP) is 3.85. The van der Waals surface area contributed by atoms with Crippen molar-refractivity contribution in [3.63, 3.8) is 0 Å². The number of amides is 2. The van der Waals surface area contributed by atoms with Crippen LogP contribution >= 0.6 is 0 Å². The van der Waals surface area contributed by atoms with Gasteiger partial charge < -0.3 is 19.9 Å². The minimum absolute atomic E-state index is 0.0315. The second-order valence-corrected chi connectivity index (χ2v) is 8.23. The summed E-state index contributed by atoms with van der Waals surface area (Å²) in [6.07, 6.45) is -0.567. The molecule has 180 valence electrons. The molecule has 2 aromatic heterocycles. The lowest BCUT2D eigenvalue weighted by molar-refractivity contribution is -0.156. The van der Waals surface area contributed by atoms with Gasteiger partial charge in [-0.3, -0.25) is 14.6 Å². The van der Waals surface area contributed by atoms with E-state index in [2.05, 4.69) is 20.6 Å². The fourth-order valence-corrected chi connectivity index (χ4v) is 4.05. The number of fused-ring (bicyclic) bond motifs is 1. The molecule has 11 heteroatoms. The van der Waals surface area contributed by atoms with Crippen LogP contribution in [0.4, 0.5) is 18.9 Å². The number of carbonyl (C=O) groups excluding carboxylic acids is 2. The third kappa shape index (κ3) is 4.74. The van der Waals surface area contributed by atoms with E-state index in [9.17, 15) is 22.8 Å². The molecule has 0 aliphatic heterocycles. The Hall–Kier alpha value is -3.47. The third-order valence-electron chi connectivity index (χ3n) is 5.86. The molecule has 0 bridgehead atoms. The quantitative estimate of drug-likeness (QED) is 0.541. The van der Waals surface area contributed by atoms with Crippen molar-refractivity contribution < 1.29 is 27.5 Å². The zero-order chi connectivity index (χ0) is 24.5. The molecule has 1 aliphatic rings. The van der Waals surface area contributed by atoms with Crippen molar-refractivity contribution in [3.8, 4) is 0 Å². The largest absolute Gasteiger partial charge is 0.414 e. The number of anilines is 1. The summed E-state index contributed by atoms with van der Waals surface area (Å²) in [5.41, 5.74) is 0.678. The second-order valence-electron chi connectivity index (χ2n) is 8.23. The molecular formula is C23H24F3N5O3. The highest BCUT2D eigenvalue weighted by molar-refractivity contribution is 6.08. The van der Waals surface area contributed by atoms with Gasteiger partial charge in [-0.15, -0.1) is 0 Å². The average molecular weight is 475 g/mol. The number of alkyl halides is 3. The SMILES string of the molecule is COCC(=O)Nc1cc(C(=O)NC(c2ccccn2)C(F)(F)F)c2c(c1)nc(C1CCC1)n2C. The lowest BCUT2D eigenvalue weighted by Gasteiger charge is -2.24. The van der Waals surface area contributed by atoms with Crippen LogP contribution < -0.4 is 10.6 Å². The maximum Gasteiger partial charge on any atom is 0.414 e. The summed E-state index contributed by atoms with van der Waals surface area (Å²) in [6.45, 7) is -0.217. The molecule has 2 heterocycles. The van der Waals surface area contributed by atoms with E-state index in [1.807, 2.05) is 0 Å². The lowest BCUT2D eigenvalue weighted by Crippen LogP contribution is -2.38. The number of aryl methyl sites for hydroxylation is 1. The summed E-state index contributed by atoms with van der Waals surface area (Å²) in [6, 6.07) is 4.76. The van der Waals surface area contributed by atoms with Crippen molar-refractivity contribution in [1.29, 1.82) is 0 Å². The number of ether oxygens (including phenoxy) is 1. The number of aromatic nitrogens is 3. The van der Waals surface area contributed by atoms with Gasteiger partial charge in [-0.25, -0.2) is 4.98 Å². The Balaban J connectivity index is 1.77. The number of nitrogens with one attached hydrogen (secondary N) is 2. The van der Waals surface area contributed by atoms with Gasteiger partial charge in [0.15, 0.2) is 6.04 Å². The van der Waals surface area contributed by atoms with Crippen LogP contribution in [0.2, 0.25) is 0 Å². The van der Waals surface area contributed by atoms with E-state index in [-0.39, 0.29) is 29.5 Å². The topological polar surface area (TPSA) is 98.1 Å². The van der Waals surface area contributed by atoms with Gasteiger partial charge >= 0.3 is 6.18 Å². The number of methoxy groups -OCH3 is 1. The standard InChI is InChI=1S/C23H24F3N5O3/c1-31-19-15(22(33)30-20(23(24,25)26)16-8-3-4-9-27-16)10-14(28-18(32)12-34-2)11-17(19)29-21(31)13-6-5-7-13/h3-4,8-11,13,20H,5-7,12H2,1-2H3,(H,28,32)(H,30,33). The number of pyridine rings is 1. The van der Waals surface area contributed by atoms with Crippen molar-refractivity contribution in [2.75, 3.05) is 19.0 Å². The van der Waals surface area contributed by atoms with Gasteiger partial charge in [0, 0.05) is 32.0 Å². The highest BCUT2D eigenvalue weighted by atomic mass is 19.4. The Bertz CT molecular complexity index is 1210. The van der Waals surface area contributed by atoms with Crippen molar-refractivity contribution in [1.82, 2.24) is 19.9 Å². The van der Waals surface area contributed by atoms with Gasteiger partial charge in [0.05, 0.1) is 22.3 Å². The number of hydrogen-bond acceptors (Lipinski definition) is 5. The Morgan fingerprint density at radius 3 is 2.62 bits per heavy atom. The fraction of sp³-hybridized carbons (Fsp3) is 0.391. The van der Waals surface area contributed by atoms with E-state index in [1.54, 1.807) is 17.7 Å². The molecule has 2 N–H and O–H groups in total. The highest BCUT2D eigenvalue weighted by Crippen LogP contribution is 2.38. The summed E-state index contributed by atoms with van der Waals surface area (Å²) < 4.78 is 48.1. The zero-order valence-corrected chi connectivity index (χ0v) is 18.6. The molecule has 1 aliphatic carbocycles. The summed E-state index contributed by atoms with van der Waals surface area (Å²) in [4.78, 5) is 33.7. The molecule has 1 unspecified atom stereocenters. The summed E-state index contributed by atoms with van der Waals surface area (Å²) in [5.74, 6) is -0.446. The monoisotopic (exact) mass is 475 g/mol. The number of benzene rings is 1. The van der Waals surface area contributed by atoms with Gasteiger partial charge in [-0.1, -0.05) is 12.5 Å². The van der Waals surface area contributed by atoms with Crippen LogP contribution in [0.25, 0.3) is 11.0 Å². The van der Waals surface area contributed by atoms with E-state index < -0.39 is 24.0 Å². The summed E-state index contributed by atoms with van der Waals surface area (Å²) >= 11 is 0. The van der Waals surface area contributed by atoms with Crippen LogP contribution in [-0.2, 0) is 16.6 Å². The van der Waals surface area contributed by atoms with Gasteiger partial charge in [0.2, 0.25) is 5.91 Å². The van der Waals surface area contributed by atoms with E-state index in [4.69, 9.17) is 4.74 Å². The predicted molar refractivity (Wildman–Crippen MR) is 118 cm³/mol. The molecule has 8 nitrogen and oxygen atoms in total. The Kier molecular flexibility index (Phi) is 6.56. The molecule has 2 amide bonds. The number of hydrogen-bond donors (Lipinski definition) is 2. The van der Waals surface area contributed by atoms with E-state index in [1.165, 1.54) is 37.6 Å². The second kappa shape index (κ2) is 9.41. The zero-order valence-electron chi connectivity index (χ0n) is 18.6. The fourth-order valence-electron chi connectivity index (χ4n) is 4.05. The van der Waals surface area contributed by atoms with E-state index in [0.717, 1.165) is 25.1 Å². The van der Waals surface area contributed by atoms with Crippen molar-refractivity contribution in [2.24, 2.45) is 7.05 Å². The molecule has 0 radical (unpaired) electrons. The number of nitrogens with zero attached hydrogens (tertiary/aromatic N) is 3. The van der Waals surface area contributed by atoms with Crippen molar-refractivity contribution in [3.05, 3.63) is 53.6 Å². The van der Waals surface area contributed by atoms with Gasteiger partial charge in [0.1, 0.15) is 12.4 Å². The first-order valence-corrected chi connectivity index (χ1v) is 10.8. The van der Waals surface area contributed by atoms with Crippen molar-refractivity contribution >= 4 is 28.5 Å². The van der Waals surface area contributed by atoms with Crippen LogP contribution in [0.1, 0.15) is 53.1 Å². The number of rotatable bonds is 7. The molecule has 1 saturated carbocycles. The van der Waals surface area contributed by atoms with Gasteiger partial charge in [-0.05, 0) is 37.1 Å². The van der Waals surface area contributed by atoms with Crippen LogP contribution in [-0.4, -0.2) is 46.2 Å². The van der Waals surface area contributed by atoms with Crippen LogP contribution in [0.15, 0.2) is 36.5 Å². The third-order valence-corrected chi connectivity index (χ3v) is 5.86. The molecule has 1 fully saturated rings. The van der Waals surface area contributed by atoms with Gasteiger partial charge in [-0.2, -0.15) is 13.2 Å². The summed E-state index contributed by atoms with van der Waals surface area (Å²) in [5, 5.41) is 4.68. The highest BCUT2D eigenvalue weighted by Gasteiger charge is 2.43. The molecule has 0 spiro atoms. The Morgan fingerprint density at radius 1 is 1.26 bits per heavy atom.